The Kier molecular flexibility index (Phi) is 2.47. The first-order valence-corrected chi connectivity index (χ1v) is 5.26. The molecule has 2 aliphatic rings. The summed E-state index contributed by atoms with van der Waals surface area (Å²) in [5, 5.41) is 3.11. The summed E-state index contributed by atoms with van der Waals surface area (Å²) in [6, 6.07) is 0. The summed E-state index contributed by atoms with van der Waals surface area (Å²) in [6.45, 7) is 4.70. The Bertz CT molecular complexity index is 232. The average Bonchev–Trinajstić information content (AvgIpc) is 2.14. The van der Waals surface area contributed by atoms with E-state index >= 15 is 0 Å². The predicted octanol–water partition coefficient (Wildman–Crippen LogP) is 0.556. The molecule has 1 amide bonds. The zero-order valence-corrected chi connectivity index (χ0v) is 8.55. The van der Waals surface area contributed by atoms with Gasteiger partial charge in [-0.15, -0.1) is 0 Å². The van der Waals surface area contributed by atoms with E-state index in [0.29, 0.717) is 25.9 Å². The Labute approximate surface area is 83.6 Å². The maximum Gasteiger partial charge on any atom is 0.231 e. The zero-order valence-electron chi connectivity index (χ0n) is 8.55. The molecule has 2 aliphatic heterocycles. The van der Waals surface area contributed by atoms with Crippen molar-refractivity contribution in [2.24, 2.45) is 5.41 Å². The molecule has 3 nitrogen and oxygen atoms in total. The minimum absolute atomic E-state index is 0.197. The predicted molar refractivity (Wildman–Crippen MR) is 51.7 cm³/mol. The molecule has 14 heavy (non-hydrogen) atoms. The van der Waals surface area contributed by atoms with Crippen LogP contribution in [0.3, 0.4) is 0 Å². The topological polar surface area (TPSA) is 32.3 Å². The second kappa shape index (κ2) is 3.50. The van der Waals surface area contributed by atoms with Crippen LogP contribution in [0.5, 0.6) is 0 Å². The first kappa shape index (κ1) is 9.90. The summed E-state index contributed by atoms with van der Waals surface area (Å²) in [6.07, 6.45) is 0.316. The van der Waals surface area contributed by atoms with Crippen LogP contribution in [0.25, 0.3) is 0 Å². The molecular weight excluding hydrogens is 183 g/mol. The van der Waals surface area contributed by atoms with Crippen LogP contribution in [0.15, 0.2) is 0 Å². The van der Waals surface area contributed by atoms with Crippen molar-refractivity contribution in [1.82, 2.24) is 10.2 Å². The highest BCUT2D eigenvalue weighted by molar-refractivity contribution is 5.84. The van der Waals surface area contributed by atoms with Crippen LogP contribution in [0, 0.1) is 5.41 Å². The third-order valence-electron chi connectivity index (χ3n) is 3.26. The molecule has 0 aromatic heterocycles. The largest absolute Gasteiger partial charge is 0.342 e. The second-order valence-electron chi connectivity index (χ2n) is 4.63. The second-order valence-corrected chi connectivity index (χ2v) is 4.63. The number of rotatable bonds is 1. The van der Waals surface area contributed by atoms with Gasteiger partial charge in [0.25, 0.3) is 0 Å². The van der Waals surface area contributed by atoms with E-state index in [4.69, 9.17) is 0 Å². The lowest BCUT2D eigenvalue weighted by Crippen LogP contribution is -2.61. The van der Waals surface area contributed by atoms with E-state index in [1.54, 1.807) is 0 Å². The SMILES string of the molecule is CC1(C(=O)N2CCC(F)CC2)CNC1. The van der Waals surface area contributed by atoms with E-state index in [2.05, 4.69) is 5.32 Å². The molecule has 2 saturated heterocycles. The van der Waals surface area contributed by atoms with Crippen molar-refractivity contribution in [2.75, 3.05) is 26.2 Å². The third kappa shape index (κ3) is 1.63. The van der Waals surface area contributed by atoms with Crippen molar-refractivity contribution in [2.45, 2.75) is 25.9 Å². The number of nitrogens with zero attached hydrogens (tertiary/aromatic N) is 1. The van der Waals surface area contributed by atoms with Crippen LogP contribution in [0.4, 0.5) is 4.39 Å². The summed E-state index contributed by atoms with van der Waals surface area (Å²) in [5.41, 5.74) is -0.219. The lowest BCUT2D eigenvalue weighted by atomic mass is 9.82. The van der Waals surface area contributed by atoms with Crippen molar-refractivity contribution in [3.05, 3.63) is 0 Å². The summed E-state index contributed by atoms with van der Waals surface area (Å²) in [5.74, 6) is 0.197. The molecule has 1 N–H and O–H groups in total. The minimum Gasteiger partial charge on any atom is -0.342 e. The van der Waals surface area contributed by atoms with Gasteiger partial charge in [0.1, 0.15) is 6.17 Å². The Morgan fingerprint density at radius 1 is 1.43 bits per heavy atom. The maximum atomic E-state index is 12.9. The molecule has 0 aliphatic carbocycles. The van der Waals surface area contributed by atoms with E-state index in [0.717, 1.165) is 13.1 Å². The molecule has 2 heterocycles. The van der Waals surface area contributed by atoms with Gasteiger partial charge in [0.05, 0.1) is 5.41 Å². The highest BCUT2D eigenvalue weighted by Crippen LogP contribution is 2.26. The Morgan fingerprint density at radius 2 is 2.00 bits per heavy atom. The molecule has 0 aromatic rings. The number of carbonyl (C=O) groups excluding carboxylic acids is 1. The van der Waals surface area contributed by atoms with Gasteiger partial charge in [0.15, 0.2) is 0 Å². The number of hydrogen-bond donors (Lipinski definition) is 1. The molecule has 2 fully saturated rings. The van der Waals surface area contributed by atoms with Crippen LogP contribution >= 0.6 is 0 Å². The highest BCUT2D eigenvalue weighted by Gasteiger charge is 2.42. The monoisotopic (exact) mass is 200 g/mol. The molecule has 0 unspecified atom stereocenters. The number of nitrogens with one attached hydrogen (secondary N) is 1. The first-order valence-electron chi connectivity index (χ1n) is 5.26. The van der Waals surface area contributed by atoms with Crippen LogP contribution < -0.4 is 5.32 Å². The standard InChI is InChI=1S/C10H17FN2O/c1-10(6-12-7-10)9(14)13-4-2-8(11)3-5-13/h8,12H,2-7H2,1H3. The molecule has 2 rings (SSSR count). The van der Waals surface area contributed by atoms with Crippen molar-refractivity contribution in [1.29, 1.82) is 0 Å². The van der Waals surface area contributed by atoms with Gasteiger partial charge in [-0.3, -0.25) is 4.79 Å². The Morgan fingerprint density at radius 3 is 2.43 bits per heavy atom. The van der Waals surface area contributed by atoms with Gasteiger partial charge < -0.3 is 10.2 Å². The molecule has 0 spiro atoms. The molecule has 0 aromatic carbocycles. The van der Waals surface area contributed by atoms with E-state index < -0.39 is 6.17 Å². The van der Waals surface area contributed by atoms with Crippen molar-refractivity contribution in [3.8, 4) is 0 Å². The first-order chi connectivity index (χ1) is 6.62. The van der Waals surface area contributed by atoms with Crippen LogP contribution in [-0.4, -0.2) is 43.2 Å². The number of alkyl halides is 1. The van der Waals surface area contributed by atoms with Gasteiger partial charge in [-0.1, -0.05) is 0 Å². The van der Waals surface area contributed by atoms with Crippen molar-refractivity contribution in [3.63, 3.8) is 0 Å². The molecule has 0 saturated carbocycles. The van der Waals surface area contributed by atoms with E-state index in [9.17, 15) is 9.18 Å². The number of carbonyl (C=O) groups is 1. The van der Waals surface area contributed by atoms with Crippen molar-refractivity contribution < 1.29 is 9.18 Å². The molecule has 0 atom stereocenters. The molecule has 80 valence electrons. The van der Waals surface area contributed by atoms with E-state index in [1.807, 2.05) is 11.8 Å². The quantitative estimate of drug-likeness (QED) is 0.670. The average molecular weight is 200 g/mol. The molecular formula is C10H17FN2O. The summed E-state index contributed by atoms with van der Waals surface area (Å²) in [7, 11) is 0. The molecule has 0 bridgehead atoms. The number of amides is 1. The van der Waals surface area contributed by atoms with E-state index in [-0.39, 0.29) is 11.3 Å². The Hall–Kier alpha value is -0.640. The lowest BCUT2D eigenvalue weighted by molar-refractivity contribution is -0.145. The summed E-state index contributed by atoms with van der Waals surface area (Å²) >= 11 is 0. The number of piperidine rings is 1. The van der Waals surface area contributed by atoms with Gasteiger partial charge in [0.2, 0.25) is 5.91 Å². The molecule has 4 heteroatoms. The Balaban J connectivity index is 1.92. The minimum atomic E-state index is -0.702. The van der Waals surface area contributed by atoms with Crippen molar-refractivity contribution >= 4 is 5.91 Å². The summed E-state index contributed by atoms with van der Waals surface area (Å²) < 4.78 is 12.9. The third-order valence-corrected chi connectivity index (χ3v) is 3.26. The molecule has 0 radical (unpaired) electrons. The van der Waals surface area contributed by atoms with Crippen LogP contribution in [-0.2, 0) is 4.79 Å². The highest BCUT2D eigenvalue weighted by atomic mass is 19.1. The van der Waals surface area contributed by atoms with Crippen LogP contribution in [0.2, 0.25) is 0 Å². The number of hydrogen-bond acceptors (Lipinski definition) is 2. The zero-order chi connectivity index (χ0) is 10.2. The van der Waals surface area contributed by atoms with Gasteiger partial charge in [-0.2, -0.15) is 0 Å². The smallest absolute Gasteiger partial charge is 0.231 e. The van der Waals surface area contributed by atoms with Gasteiger partial charge in [0, 0.05) is 26.2 Å². The van der Waals surface area contributed by atoms with E-state index in [1.165, 1.54) is 0 Å². The maximum absolute atomic E-state index is 12.9. The fourth-order valence-corrected chi connectivity index (χ4v) is 2.08. The van der Waals surface area contributed by atoms with Gasteiger partial charge in [-0.25, -0.2) is 4.39 Å². The lowest BCUT2D eigenvalue weighted by Gasteiger charge is -2.42. The van der Waals surface area contributed by atoms with Gasteiger partial charge >= 0.3 is 0 Å². The fourth-order valence-electron chi connectivity index (χ4n) is 2.08. The number of halogens is 1. The summed E-state index contributed by atoms with van der Waals surface area (Å²) in [4.78, 5) is 13.8. The van der Waals surface area contributed by atoms with Gasteiger partial charge in [-0.05, 0) is 19.8 Å². The number of likely N-dealkylation sites (tertiary alicyclic amines) is 1. The normalized spacial score (nSPS) is 27.1. The van der Waals surface area contributed by atoms with Crippen LogP contribution in [0.1, 0.15) is 19.8 Å². The fraction of sp³-hybridized carbons (Fsp3) is 0.900.